The Labute approximate surface area is 188 Å². The van der Waals surface area contributed by atoms with Crippen molar-refractivity contribution >= 4 is 11.8 Å². The molecule has 2 N–H and O–H groups in total. The summed E-state index contributed by atoms with van der Waals surface area (Å²) < 4.78 is 5.18. The molecule has 0 aromatic heterocycles. The van der Waals surface area contributed by atoms with Gasteiger partial charge in [-0.2, -0.15) is 0 Å². The van der Waals surface area contributed by atoms with Crippen molar-refractivity contribution in [3.63, 3.8) is 0 Å². The van der Waals surface area contributed by atoms with Crippen molar-refractivity contribution in [1.29, 1.82) is 0 Å². The van der Waals surface area contributed by atoms with Gasteiger partial charge in [0.05, 0.1) is 7.11 Å². The van der Waals surface area contributed by atoms with Gasteiger partial charge >= 0.3 is 0 Å². The second-order valence-corrected chi connectivity index (χ2v) is 10.2. The number of nitrogens with one attached hydrogen (secondary N) is 2. The molecule has 5 heteroatoms. The predicted octanol–water partition coefficient (Wildman–Crippen LogP) is 4.72. The molecule has 0 bridgehead atoms. The Bertz CT molecular complexity index is 775. The first-order valence-corrected chi connectivity index (χ1v) is 11.4. The second-order valence-electron chi connectivity index (χ2n) is 10.2. The zero-order valence-electron chi connectivity index (χ0n) is 20.2. The van der Waals surface area contributed by atoms with Gasteiger partial charge in [-0.15, -0.1) is 0 Å². The van der Waals surface area contributed by atoms with Crippen LogP contribution in [0.5, 0.6) is 5.75 Å². The fraction of sp³-hybridized carbons (Fsp3) is 0.615. The Hall–Kier alpha value is -2.30. The second kappa shape index (κ2) is 10.8. The summed E-state index contributed by atoms with van der Waals surface area (Å²) in [5, 5.41) is 6.18. The van der Waals surface area contributed by atoms with Crippen LogP contribution in [-0.2, 0) is 16.1 Å². The topological polar surface area (TPSA) is 67.4 Å². The fourth-order valence-corrected chi connectivity index (χ4v) is 4.22. The average Bonchev–Trinajstić information content (AvgIpc) is 2.71. The first-order valence-electron chi connectivity index (χ1n) is 11.4. The Morgan fingerprint density at radius 3 is 2.32 bits per heavy atom. The molecule has 3 unspecified atom stereocenters. The summed E-state index contributed by atoms with van der Waals surface area (Å²) in [7, 11) is 1.64. The van der Waals surface area contributed by atoms with Gasteiger partial charge in [-0.25, -0.2) is 0 Å². The predicted molar refractivity (Wildman–Crippen MR) is 126 cm³/mol. The molecule has 5 nitrogen and oxygen atoms in total. The number of allylic oxidation sites excluding steroid dienone is 1. The Balaban J connectivity index is 1.95. The first kappa shape index (κ1) is 25.0. The van der Waals surface area contributed by atoms with E-state index in [0.29, 0.717) is 37.3 Å². The minimum absolute atomic E-state index is 0.0792. The average molecular weight is 429 g/mol. The molecule has 1 aliphatic rings. The van der Waals surface area contributed by atoms with E-state index in [1.54, 1.807) is 7.11 Å². The van der Waals surface area contributed by atoms with Crippen LogP contribution in [0.3, 0.4) is 0 Å². The van der Waals surface area contributed by atoms with Gasteiger partial charge in [-0.05, 0) is 54.7 Å². The van der Waals surface area contributed by atoms with Gasteiger partial charge in [0.2, 0.25) is 11.8 Å². The molecule has 1 aromatic rings. The first-order chi connectivity index (χ1) is 14.5. The van der Waals surface area contributed by atoms with Gasteiger partial charge in [0, 0.05) is 24.9 Å². The number of amides is 2. The van der Waals surface area contributed by atoms with E-state index in [0.717, 1.165) is 17.7 Å². The maximum absolute atomic E-state index is 12.6. The molecule has 2 amide bonds. The van der Waals surface area contributed by atoms with Crippen molar-refractivity contribution in [2.75, 3.05) is 13.7 Å². The highest BCUT2D eigenvalue weighted by Crippen LogP contribution is 2.38. The molecule has 172 valence electrons. The lowest BCUT2D eigenvalue weighted by molar-refractivity contribution is -0.128. The number of benzene rings is 1. The molecule has 1 aliphatic carbocycles. The third-order valence-corrected chi connectivity index (χ3v) is 6.34. The SMILES string of the molecule is COc1ccc(CNC(=O)CC2CC(C(C)C)C(CNC(=O)C(C)(C)C)C=C2C)cc1. The van der Waals surface area contributed by atoms with Crippen molar-refractivity contribution in [1.82, 2.24) is 10.6 Å². The van der Waals surface area contributed by atoms with Crippen LogP contribution in [0, 0.1) is 29.1 Å². The minimum Gasteiger partial charge on any atom is -0.497 e. The lowest BCUT2D eigenvalue weighted by Gasteiger charge is -2.37. The zero-order valence-corrected chi connectivity index (χ0v) is 20.2. The van der Waals surface area contributed by atoms with E-state index in [2.05, 4.69) is 37.5 Å². The molecule has 0 heterocycles. The number of methoxy groups -OCH3 is 1. The third kappa shape index (κ3) is 7.41. The van der Waals surface area contributed by atoms with Gasteiger partial charge in [-0.3, -0.25) is 9.59 Å². The highest BCUT2D eigenvalue weighted by molar-refractivity contribution is 5.81. The highest BCUT2D eigenvalue weighted by atomic mass is 16.5. The monoisotopic (exact) mass is 428 g/mol. The van der Waals surface area contributed by atoms with Gasteiger partial charge in [0.1, 0.15) is 5.75 Å². The minimum atomic E-state index is -0.384. The zero-order chi connectivity index (χ0) is 23.2. The summed E-state index contributed by atoms with van der Waals surface area (Å²) in [4.78, 5) is 24.9. The third-order valence-electron chi connectivity index (χ3n) is 6.34. The lowest BCUT2D eigenvalue weighted by atomic mass is 9.69. The van der Waals surface area contributed by atoms with Gasteiger partial charge in [-0.1, -0.05) is 58.4 Å². The maximum atomic E-state index is 12.6. The summed E-state index contributed by atoms with van der Waals surface area (Å²) in [5.74, 6) is 2.47. The van der Waals surface area contributed by atoms with Gasteiger partial charge < -0.3 is 15.4 Å². The van der Waals surface area contributed by atoms with Crippen LogP contribution in [-0.4, -0.2) is 25.5 Å². The Morgan fingerprint density at radius 1 is 1.13 bits per heavy atom. The smallest absolute Gasteiger partial charge is 0.225 e. The molecule has 0 saturated heterocycles. The molecule has 1 aromatic carbocycles. The Kier molecular flexibility index (Phi) is 8.72. The highest BCUT2D eigenvalue weighted by Gasteiger charge is 2.33. The van der Waals surface area contributed by atoms with Gasteiger partial charge in [0.15, 0.2) is 0 Å². The summed E-state index contributed by atoms with van der Waals surface area (Å²) in [6, 6.07) is 7.74. The van der Waals surface area contributed by atoms with Crippen molar-refractivity contribution in [2.24, 2.45) is 29.1 Å². The molecule has 3 atom stereocenters. The number of hydrogen-bond acceptors (Lipinski definition) is 3. The number of carbonyl (C=O) groups is 2. The van der Waals surface area contributed by atoms with Crippen molar-refractivity contribution in [3.05, 3.63) is 41.5 Å². The molecule has 2 rings (SSSR count). The van der Waals surface area contributed by atoms with Crippen LogP contribution in [0.2, 0.25) is 0 Å². The van der Waals surface area contributed by atoms with E-state index in [1.807, 2.05) is 45.0 Å². The van der Waals surface area contributed by atoms with E-state index in [-0.39, 0.29) is 23.1 Å². The van der Waals surface area contributed by atoms with Crippen molar-refractivity contribution in [2.45, 2.75) is 60.9 Å². The number of carbonyl (C=O) groups excluding carboxylic acids is 2. The Morgan fingerprint density at radius 2 is 1.77 bits per heavy atom. The molecule has 0 spiro atoms. The van der Waals surface area contributed by atoms with Gasteiger partial charge in [0.25, 0.3) is 0 Å². The summed E-state index contributed by atoms with van der Waals surface area (Å²) in [6.07, 6.45) is 3.77. The van der Waals surface area contributed by atoms with Crippen molar-refractivity contribution < 1.29 is 14.3 Å². The van der Waals surface area contributed by atoms with E-state index in [1.165, 1.54) is 5.57 Å². The van der Waals surface area contributed by atoms with E-state index in [4.69, 9.17) is 4.74 Å². The van der Waals surface area contributed by atoms with Crippen LogP contribution < -0.4 is 15.4 Å². The molecular weight excluding hydrogens is 388 g/mol. The van der Waals surface area contributed by atoms with E-state index >= 15 is 0 Å². The summed E-state index contributed by atoms with van der Waals surface area (Å²) in [5.41, 5.74) is 1.93. The van der Waals surface area contributed by atoms with Crippen LogP contribution in [0.4, 0.5) is 0 Å². The van der Waals surface area contributed by atoms with E-state index in [9.17, 15) is 9.59 Å². The van der Waals surface area contributed by atoms with Crippen LogP contribution in [0.25, 0.3) is 0 Å². The molecule has 0 saturated carbocycles. The number of hydrogen-bond donors (Lipinski definition) is 2. The normalized spacial score (nSPS) is 21.4. The maximum Gasteiger partial charge on any atom is 0.225 e. The lowest BCUT2D eigenvalue weighted by Crippen LogP contribution is -2.41. The number of ether oxygens (including phenoxy) is 1. The van der Waals surface area contributed by atoms with E-state index < -0.39 is 0 Å². The van der Waals surface area contributed by atoms with Crippen LogP contribution >= 0.6 is 0 Å². The molecule has 0 aliphatic heterocycles. The van der Waals surface area contributed by atoms with Crippen LogP contribution in [0.15, 0.2) is 35.9 Å². The fourth-order valence-electron chi connectivity index (χ4n) is 4.22. The quantitative estimate of drug-likeness (QED) is 0.589. The molecule has 31 heavy (non-hydrogen) atoms. The summed E-state index contributed by atoms with van der Waals surface area (Å²) in [6.45, 7) is 13.6. The van der Waals surface area contributed by atoms with Crippen molar-refractivity contribution in [3.8, 4) is 5.75 Å². The summed E-state index contributed by atoms with van der Waals surface area (Å²) >= 11 is 0. The molecular formula is C26H40N2O3. The standard InChI is InChI=1S/C26H40N2O3/c1-17(2)23-13-20(18(3)12-21(23)16-28-25(30)26(4,5)6)14-24(29)27-15-19-8-10-22(31-7)11-9-19/h8-12,17,20-21,23H,13-16H2,1-7H3,(H,27,29)(H,28,30). The largest absolute Gasteiger partial charge is 0.497 e. The molecule has 0 fully saturated rings. The van der Waals surface area contributed by atoms with Crippen LogP contribution in [0.1, 0.15) is 59.9 Å². The molecule has 0 radical (unpaired) electrons. The number of rotatable bonds is 8.